The average molecular weight is 227 g/mol. The number of hydrogen-bond donors (Lipinski definition) is 1. The van der Waals surface area contributed by atoms with Gasteiger partial charge in [0.15, 0.2) is 0 Å². The van der Waals surface area contributed by atoms with Crippen molar-refractivity contribution in [2.75, 3.05) is 11.9 Å². The van der Waals surface area contributed by atoms with Crippen LogP contribution in [0.3, 0.4) is 0 Å². The molecular weight excluding hydrogens is 214 g/mol. The van der Waals surface area contributed by atoms with E-state index in [1.807, 2.05) is 31.2 Å². The fourth-order valence-corrected chi connectivity index (χ4v) is 1.57. The molecule has 2 heterocycles. The number of hydrogen-bond acceptors (Lipinski definition) is 4. The van der Waals surface area contributed by atoms with Crippen molar-refractivity contribution in [1.29, 1.82) is 5.26 Å². The lowest BCUT2D eigenvalue weighted by Crippen LogP contribution is -2.06. The van der Waals surface area contributed by atoms with E-state index in [2.05, 4.69) is 15.3 Å². The Hall–Kier alpha value is -2.35. The monoisotopic (exact) mass is 227 g/mol. The van der Waals surface area contributed by atoms with Gasteiger partial charge in [0.2, 0.25) is 5.82 Å². The zero-order chi connectivity index (χ0) is 12.1. The highest BCUT2D eigenvalue weighted by molar-refractivity contribution is 5.35. The highest BCUT2D eigenvalue weighted by Crippen LogP contribution is 2.07. The van der Waals surface area contributed by atoms with Gasteiger partial charge in [0.05, 0.1) is 12.2 Å². The van der Waals surface area contributed by atoms with Crippen molar-refractivity contribution in [3.8, 4) is 6.07 Å². The Morgan fingerprint density at radius 3 is 3.12 bits per heavy atom. The Balaban J connectivity index is 2.19. The predicted octanol–water partition coefficient (Wildman–Crippen LogP) is 1.63. The summed E-state index contributed by atoms with van der Waals surface area (Å²) in [5, 5.41) is 12.0. The van der Waals surface area contributed by atoms with E-state index in [9.17, 15) is 0 Å². The molecule has 0 radical (unpaired) electrons. The minimum atomic E-state index is 0.403. The smallest absolute Gasteiger partial charge is 0.213 e. The molecule has 0 aliphatic carbocycles. The summed E-state index contributed by atoms with van der Waals surface area (Å²) in [4.78, 5) is 8.39. The van der Waals surface area contributed by atoms with Gasteiger partial charge in [-0.3, -0.25) is 0 Å². The SMILES string of the molecule is CCNc1cccc(Cn2ccnc2C#N)n1. The molecule has 86 valence electrons. The van der Waals surface area contributed by atoms with E-state index < -0.39 is 0 Å². The van der Waals surface area contributed by atoms with Crippen LogP contribution in [0.5, 0.6) is 0 Å². The largest absolute Gasteiger partial charge is 0.370 e. The summed E-state index contributed by atoms with van der Waals surface area (Å²) in [6.07, 6.45) is 3.40. The molecule has 0 aliphatic heterocycles. The van der Waals surface area contributed by atoms with Crippen LogP contribution in [0, 0.1) is 11.3 Å². The lowest BCUT2D eigenvalue weighted by molar-refractivity contribution is 0.760. The molecule has 2 aromatic rings. The Morgan fingerprint density at radius 2 is 2.35 bits per heavy atom. The van der Waals surface area contributed by atoms with Crippen molar-refractivity contribution < 1.29 is 0 Å². The summed E-state index contributed by atoms with van der Waals surface area (Å²) < 4.78 is 1.78. The van der Waals surface area contributed by atoms with Gasteiger partial charge in [-0.25, -0.2) is 9.97 Å². The van der Waals surface area contributed by atoms with Crippen molar-refractivity contribution in [2.45, 2.75) is 13.5 Å². The molecule has 0 saturated heterocycles. The zero-order valence-corrected chi connectivity index (χ0v) is 9.59. The fraction of sp³-hybridized carbons (Fsp3) is 0.250. The van der Waals surface area contributed by atoms with Gasteiger partial charge in [-0.15, -0.1) is 0 Å². The van der Waals surface area contributed by atoms with Crippen molar-refractivity contribution in [3.05, 3.63) is 42.1 Å². The Bertz CT molecular complexity index is 538. The summed E-state index contributed by atoms with van der Waals surface area (Å²) in [6, 6.07) is 7.85. The van der Waals surface area contributed by atoms with Crippen LogP contribution in [0.4, 0.5) is 5.82 Å². The Labute approximate surface area is 99.7 Å². The van der Waals surface area contributed by atoms with Gasteiger partial charge in [0.1, 0.15) is 11.9 Å². The summed E-state index contributed by atoms with van der Waals surface area (Å²) in [7, 11) is 0. The number of anilines is 1. The average Bonchev–Trinajstić information content (AvgIpc) is 2.77. The molecule has 5 nitrogen and oxygen atoms in total. The van der Waals surface area contributed by atoms with E-state index in [1.165, 1.54) is 0 Å². The molecule has 17 heavy (non-hydrogen) atoms. The molecule has 0 spiro atoms. The van der Waals surface area contributed by atoms with Crippen LogP contribution >= 0.6 is 0 Å². The third-order valence-corrected chi connectivity index (χ3v) is 2.31. The standard InChI is InChI=1S/C12H13N5/c1-2-14-11-5-3-4-10(16-11)9-17-7-6-15-12(17)8-13/h3-7H,2,9H2,1H3,(H,14,16). The first-order valence-corrected chi connectivity index (χ1v) is 5.44. The highest BCUT2D eigenvalue weighted by Gasteiger charge is 2.03. The quantitative estimate of drug-likeness (QED) is 0.862. The zero-order valence-electron chi connectivity index (χ0n) is 9.59. The summed E-state index contributed by atoms with van der Waals surface area (Å²) >= 11 is 0. The number of aromatic nitrogens is 3. The maximum absolute atomic E-state index is 8.86. The second-order valence-electron chi connectivity index (χ2n) is 3.54. The first-order chi connectivity index (χ1) is 8.33. The van der Waals surface area contributed by atoms with Gasteiger partial charge < -0.3 is 9.88 Å². The molecule has 1 N–H and O–H groups in total. The lowest BCUT2D eigenvalue weighted by atomic mass is 10.3. The van der Waals surface area contributed by atoms with E-state index in [0.29, 0.717) is 12.4 Å². The third-order valence-electron chi connectivity index (χ3n) is 2.31. The van der Waals surface area contributed by atoms with Crippen LogP contribution in [0.15, 0.2) is 30.6 Å². The maximum Gasteiger partial charge on any atom is 0.213 e. The normalized spacial score (nSPS) is 9.88. The molecule has 0 atom stereocenters. The number of nitrogens with one attached hydrogen (secondary N) is 1. The van der Waals surface area contributed by atoms with E-state index in [0.717, 1.165) is 18.1 Å². The maximum atomic E-state index is 8.86. The Kier molecular flexibility index (Phi) is 3.36. The molecule has 0 bridgehead atoms. The summed E-state index contributed by atoms with van der Waals surface area (Å²) in [6.45, 7) is 3.42. The van der Waals surface area contributed by atoms with Crippen molar-refractivity contribution in [1.82, 2.24) is 14.5 Å². The number of nitriles is 1. The van der Waals surface area contributed by atoms with Crippen LogP contribution < -0.4 is 5.32 Å². The predicted molar refractivity (Wildman–Crippen MR) is 64.4 cm³/mol. The van der Waals surface area contributed by atoms with Crippen LogP contribution in [-0.2, 0) is 6.54 Å². The van der Waals surface area contributed by atoms with Crippen LogP contribution in [0.1, 0.15) is 18.4 Å². The van der Waals surface area contributed by atoms with Gasteiger partial charge in [0.25, 0.3) is 0 Å². The first-order valence-electron chi connectivity index (χ1n) is 5.44. The molecule has 2 rings (SSSR count). The van der Waals surface area contributed by atoms with E-state index in [-0.39, 0.29) is 0 Å². The number of nitrogens with zero attached hydrogens (tertiary/aromatic N) is 4. The summed E-state index contributed by atoms with van der Waals surface area (Å²) in [5.41, 5.74) is 0.901. The third kappa shape index (κ3) is 2.61. The lowest BCUT2D eigenvalue weighted by Gasteiger charge is -2.06. The molecule has 2 aromatic heterocycles. The van der Waals surface area contributed by atoms with E-state index in [1.54, 1.807) is 17.0 Å². The van der Waals surface area contributed by atoms with Crippen molar-refractivity contribution >= 4 is 5.82 Å². The van der Waals surface area contributed by atoms with Gasteiger partial charge in [-0.05, 0) is 19.1 Å². The molecule has 0 aliphatic rings. The second-order valence-corrected chi connectivity index (χ2v) is 3.54. The molecular formula is C12H13N5. The van der Waals surface area contributed by atoms with Gasteiger partial charge in [-0.1, -0.05) is 6.07 Å². The molecule has 0 fully saturated rings. The second kappa shape index (κ2) is 5.12. The fourth-order valence-electron chi connectivity index (χ4n) is 1.57. The molecule has 0 saturated carbocycles. The number of rotatable bonds is 4. The van der Waals surface area contributed by atoms with Gasteiger partial charge >= 0.3 is 0 Å². The molecule has 0 amide bonds. The minimum absolute atomic E-state index is 0.403. The van der Waals surface area contributed by atoms with Crippen LogP contribution in [0.2, 0.25) is 0 Å². The molecule has 0 aromatic carbocycles. The van der Waals surface area contributed by atoms with Gasteiger partial charge in [-0.2, -0.15) is 5.26 Å². The highest BCUT2D eigenvalue weighted by atomic mass is 15.1. The van der Waals surface area contributed by atoms with Crippen molar-refractivity contribution in [3.63, 3.8) is 0 Å². The van der Waals surface area contributed by atoms with Gasteiger partial charge in [0, 0.05) is 18.9 Å². The summed E-state index contributed by atoms with van der Waals surface area (Å²) in [5.74, 6) is 1.25. The topological polar surface area (TPSA) is 66.5 Å². The minimum Gasteiger partial charge on any atom is -0.370 e. The molecule has 5 heteroatoms. The first kappa shape index (κ1) is 11.1. The van der Waals surface area contributed by atoms with Crippen molar-refractivity contribution in [2.24, 2.45) is 0 Å². The van der Waals surface area contributed by atoms with Crippen LogP contribution in [0.25, 0.3) is 0 Å². The number of pyridine rings is 1. The van der Waals surface area contributed by atoms with E-state index >= 15 is 0 Å². The van der Waals surface area contributed by atoms with E-state index in [4.69, 9.17) is 5.26 Å². The van der Waals surface area contributed by atoms with Crippen LogP contribution in [-0.4, -0.2) is 21.1 Å². The molecule has 0 unspecified atom stereocenters. The Morgan fingerprint density at radius 1 is 1.47 bits per heavy atom. The number of imidazole rings is 1.